The lowest BCUT2D eigenvalue weighted by molar-refractivity contribution is 0.555. The van der Waals surface area contributed by atoms with Crippen molar-refractivity contribution in [1.82, 2.24) is 15.0 Å². The molecule has 0 saturated heterocycles. The van der Waals surface area contributed by atoms with E-state index in [0.29, 0.717) is 28.6 Å². The van der Waals surface area contributed by atoms with Crippen LogP contribution in [0.4, 0.5) is 23.1 Å². The Labute approximate surface area is 165 Å². The fourth-order valence-electron chi connectivity index (χ4n) is 2.71. The third kappa shape index (κ3) is 4.11. The van der Waals surface area contributed by atoms with E-state index >= 15 is 0 Å². The zero-order chi connectivity index (χ0) is 20.6. The number of nitrogens with one attached hydrogen (secondary N) is 3. The quantitative estimate of drug-likeness (QED) is 0.457. The third-order valence-corrected chi connectivity index (χ3v) is 5.32. The van der Waals surface area contributed by atoms with Gasteiger partial charge in [0.05, 0.1) is 10.4 Å². The molecule has 148 valence electrons. The van der Waals surface area contributed by atoms with Crippen LogP contribution in [0, 0.1) is 6.92 Å². The maximum Gasteiger partial charge on any atom is 0.417 e. The number of H-pyrrole nitrogens is 1. The zero-order valence-electron chi connectivity index (χ0n) is 15.6. The summed E-state index contributed by atoms with van der Waals surface area (Å²) < 4.78 is 28.1. The Kier molecular flexibility index (Phi) is 4.55. The van der Waals surface area contributed by atoms with Gasteiger partial charge in [0.25, 0.3) is 0 Å². The number of benzene rings is 2. The van der Waals surface area contributed by atoms with Gasteiger partial charge in [-0.25, -0.2) is 18.2 Å². The van der Waals surface area contributed by atoms with Crippen LogP contribution in [0.2, 0.25) is 0 Å². The number of anilines is 4. The molecule has 0 fully saturated rings. The minimum atomic E-state index is -3.25. The number of aromatic amines is 1. The maximum atomic E-state index is 11.6. The summed E-state index contributed by atoms with van der Waals surface area (Å²) in [5.41, 5.74) is 3.25. The number of hydrogen-bond donors (Lipinski definition) is 3. The van der Waals surface area contributed by atoms with Gasteiger partial charge in [-0.1, -0.05) is 0 Å². The maximum absolute atomic E-state index is 11.6. The highest BCUT2D eigenvalue weighted by Crippen LogP contribution is 2.23. The molecule has 4 rings (SSSR count). The molecule has 4 aromatic rings. The second kappa shape index (κ2) is 7.06. The Bertz CT molecular complexity index is 1360. The normalized spacial score (nSPS) is 11.5. The number of nitrogens with zero attached hydrogens (tertiary/aromatic N) is 2. The van der Waals surface area contributed by atoms with Crippen molar-refractivity contribution in [3.63, 3.8) is 0 Å². The average Bonchev–Trinajstić information content (AvgIpc) is 3.03. The average molecular weight is 411 g/mol. The molecule has 0 aliphatic carbocycles. The van der Waals surface area contributed by atoms with Gasteiger partial charge >= 0.3 is 5.76 Å². The van der Waals surface area contributed by atoms with E-state index in [9.17, 15) is 13.2 Å². The van der Waals surface area contributed by atoms with Crippen molar-refractivity contribution in [3.05, 3.63) is 64.8 Å². The first kappa shape index (κ1) is 18.7. The largest absolute Gasteiger partial charge is 0.417 e. The Morgan fingerprint density at radius 2 is 1.76 bits per heavy atom. The van der Waals surface area contributed by atoms with Crippen molar-refractivity contribution < 1.29 is 12.8 Å². The van der Waals surface area contributed by atoms with E-state index in [1.54, 1.807) is 36.5 Å². The zero-order valence-corrected chi connectivity index (χ0v) is 16.4. The highest BCUT2D eigenvalue weighted by atomic mass is 32.2. The second-order valence-corrected chi connectivity index (χ2v) is 8.51. The molecule has 2 aromatic heterocycles. The molecule has 0 saturated carbocycles. The summed E-state index contributed by atoms with van der Waals surface area (Å²) >= 11 is 0. The van der Waals surface area contributed by atoms with E-state index in [4.69, 9.17) is 4.42 Å². The first-order valence-electron chi connectivity index (χ1n) is 8.59. The third-order valence-electron chi connectivity index (χ3n) is 4.19. The summed E-state index contributed by atoms with van der Waals surface area (Å²) in [6.07, 6.45) is 2.83. The van der Waals surface area contributed by atoms with E-state index in [-0.39, 0.29) is 4.90 Å². The molecule has 0 aliphatic rings. The van der Waals surface area contributed by atoms with Gasteiger partial charge in [-0.05, 0) is 49.4 Å². The van der Waals surface area contributed by atoms with Crippen molar-refractivity contribution in [2.45, 2.75) is 11.8 Å². The molecule has 2 aromatic carbocycles. The lowest BCUT2D eigenvalue weighted by Crippen LogP contribution is -2.03. The lowest BCUT2D eigenvalue weighted by Gasteiger charge is -2.11. The summed E-state index contributed by atoms with van der Waals surface area (Å²) in [5.74, 6) is 0.423. The van der Waals surface area contributed by atoms with Crippen molar-refractivity contribution in [2.24, 2.45) is 0 Å². The molecule has 3 N–H and O–H groups in total. The highest BCUT2D eigenvalue weighted by Gasteiger charge is 2.09. The van der Waals surface area contributed by atoms with Gasteiger partial charge < -0.3 is 15.1 Å². The molecule has 2 heterocycles. The van der Waals surface area contributed by atoms with E-state index in [2.05, 4.69) is 25.6 Å². The Hall–Kier alpha value is -3.66. The fraction of sp³-hybridized carbons (Fsp3) is 0.105. The van der Waals surface area contributed by atoms with Crippen LogP contribution in [-0.4, -0.2) is 29.6 Å². The monoisotopic (exact) mass is 411 g/mol. The van der Waals surface area contributed by atoms with Crippen LogP contribution in [0.15, 0.2) is 62.8 Å². The number of fused-ring (bicyclic) bond motifs is 1. The number of rotatable bonds is 5. The SMILES string of the molecule is Cc1cnc(Nc2ccc(S(C)(=O)=O)cc2)nc1Nc1ccc2oc(=O)[nH]c2c1. The number of aromatic nitrogens is 3. The van der Waals surface area contributed by atoms with Crippen LogP contribution in [0.1, 0.15) is 5.56 Å². The molecular formula is C19H17N5O4S. The topological polar surface area (TPSA) is 130 Å². The smallest absolute Gasteiger partial charge is 0.408 e. The van der Waals surface area contributed by atoms with Crippen LogP contribution in [0.3, 0.4) is 0 Å². The fourth-order valence-corrected chi connectivity index (χ4v) is 3.34. The Balaban J connectivity index is 1.57. The number of aryl methyl sites for hydroxylation is 1. The molecular weight excluding hydrogens is 394 g/mol. The summed E-state index contributed by atoms with van der Waals surface area (Å²) in [5, 5.41) is 6.24. The molecule has 10 heteroatoms. The van der Waals surface area contributed by atoms with Gasteiger partial charge in [0.2, 0.25) is 5.95 Å². The van der Waals surface area contributed by atoms with Crippen LogP contribution >= 0.6 is 0 Å². The lowest BCUT2D eigenvalue weighted by atomic mass is 10.2. The Morgan fingerprint density at radius 3 is 2.48 bits per heavy atom. The van der Waals surface area contributed by atoms with Crippen molar-refractivity contribution in [3.8, 4) is 0 Å². The van der Waals surface area contributed by atoms with Crippen molar-refractivity contribution in [2.75, 3.05) is 16.9 Å². The van der Waals surface area contributed by atoms with Gasteiger partial charge in [0.15, 0.2) is 15.4 Å². The van der Waals surface area contributed by atoms with E-state index in [1.807, 2.05) is 6.92 Å². The standard InChI is InChI=1S/C19H17N5O4S/c1-11-10-20-18(22-12-3-6-14(7-4-12)29(2,26)27)24-17(11)21-13-5-8-16-15(9-13)23-19(25)28-16/h3-10H,1-2H3,(H,23,25)(H2,20,21,22,24). The molecule has 29 heavy (non-hydrogen) atoms. The van der Waals surface area contributed by atoms with Crippen LogP contribution in [0.5, 0.6) is 0 Å². The predicted molar refractivity (Wildman–Crippen MR) is 110 cm³/mol. The van der Waals surface area contributed by atoms with Crippen LogP contribution < -0.4 is 16.4 Å². The Morgan fingerprint density at radius 1 is 1.03 bits per heavy atom. The first-order valence-corrected chi connectivity index (χ1v) is 10.5. The van der Waals surface area contributed by atoms with Gasteiger partial charge in [0, 0.05) is 29.4 Å². The van der Waals surface area contributed by atoms with Gasteiger partial charge in [-0.3, -0.25) is 4.98 Å². The minimum Gasteiger partial charge on any atom is -0.408 e. The molecule has 0 amide bonds. The van der Waals surface area contributed by atoms with E-state index in [0.717, 1.165) is 17.5 Å². The summed E-state index contributed by atoms with van der Waals surface area (Å²) in [7, 11) is -3.25. The van der Waals surface area contributed by atoms with E-state index < -0.39 is 15.6 Å². The first-order chi connectivity index (χ1) is 13.8. The molecule has 0 spiro atoms. The van der Waals surface area contributed by atoms with Crippen molar-refractivity contribution >= 4 is 44.1 Å². The van der Waals surface area contributed by atoms with Gasteiger partial charge in [-0.2, -0.15) is 4.98 Å². The second-order valence-electron chi connectivity index (χ2n) is 6.50. The molecule has 0 bridgehead atoms. The number of hydrogen-bond acceptors (Lipinski definition) is 8. The number of sulfone groups is 1. The highest BCUT2D eigenvalue weighted by molar-refractivity contribution is 7.90. The summed E-state index contributed by atoms with van der Waals surface area (Å²) in [4.78, 5) is 22.9. The molecule has 9 nitrogen and oxygen atoms in total. The predicted octanol–water partition coefficient (Wildman–Crippen LogP) is 3.11. The van der Waals surface area contributed by atoms with Gasteiger partial charge in [0.1, 0.15) is 5.82 Å². The number of oxazole rings is 1. The van der Waals surface area contributed by atoms with Crippen molar-refractivity contribution in [1.29, 1.82) is 0 Å². The van der Waals surface area contributed by atoms with Gasteiger partial charge in [-0.15, -0.1) is 0 Å². The summed E-state index contributed by atoms with van der Waals surface area (Å²) in [6.45, 7) is 1.87. The van der Waals surface area contributed by atoms with E-state index in [1.165, 1.54) is 12.1 Å². The summed E-state index contributed by atoms with van der Waals surface area (Å²) in [6, 6.07) is 11.6. The molecule has 0 radical (unpaired) electrons. The van der Waals surface area contributed by atoms with Crippen LogP contribution in [-0.2, 0) is 9.84 Å². The molecule has 0 aliphatic heterocycles. The molecule has 0 atom stereocenters. The minimum absolute atomic E-state index is 0.239. The van der Waals surface area contributed by atoms with Crippen LogP contribution in [0.25, 0.3) is 11.1 Å². The molecule has 0 unspecified atom stereocenters.